The second-order valence-electron chi connectivity index (χ2n) is 5.55. The summed E-state index contributed by atoms with van der Waals surface area (Å²) in [6.45, 7) is 6.92. The third-order valence-electron chi connectivity index (χ3n) is 3.97. The lowest BCUT2D eigenvalue weighted by atomic mass is 9.99. The smallest absolute Gasteiger partial charge is 0.123 e. The van der Waals surface area contributed by atoms with Crippen LogP contribution in [0.15, 0.2) is 12.1 Å². The number of rotatable bonds is 4. The Morgan fingerprint density at radius 2 is 2.16 bits per heavy atom. The van der Waals surface area contributed by atoms with Crippen LogP contribution in [0.4, 0.5) is 5.69 Å². The van der Waals surface area contributed by atoms with Crippen LogP contribution in [0, 0.1) is 13.8 Å². The Kier molecular flexibility index (Phi) is 4.70. The Bertz CT molecular complexity index is 429. The van der Waals surface area contributed by atoms with E-state index >= 15 is 0 Å². The summed E-state index contributed by atoms with van der Waals surface area (Å²) >= 11 is 0. The maximum Gasteiger partial charge on any atom is 0.123 e. The van der Waals surface area contributed by atoms with E-state index in [2.05, 4.69) is 18.3 Å². The highest BCUT2D eigenvalue weighted by molar-refractivity contribution is 5.59. The first-order valence-electron chi connectivity index (χ1n) is 7.29. The van der Waals surface area contributed by atoms with Crippen LogP contribution in [-0.4, -0.2) is 23.9 Å². The lowest BCUT2D eigenvalue weighted by molar-refractivity contribution is 0.00597. The van der Waals surface area contributed by atoms with Crippen molar-refractivity contribution >= 4 is 5.69 Å². The van der Waals surface area contributed by atoms with Gasteiger partial charge in [0.2, 0.25) is 0 Å². The summed E-state index contributed by atoms with van der Waals surface area (Å²) in [5.41, 5.74) is 2.92. The minimum atomic E-state index is 0.385. The van der Waals surface area contributed by atoms with E-state index in [4.69, 9.17) is 4.74 Å². The summed E-state index contributed by atoms with van der Waals surface area (Å²) in [6, 6.07) is 4.48. The van der Waals surface area contributed by atoms with E-state index in [-0.39, 0.29) is 0 Å². The molecule has 2 rings (SSSR count). The average Bonchev–Trinajstić information content (AvgIpc) is 2.40. The number of phenols is 1. The summed E-state index contributed by atoms with van der Waals surface area (Å²) in [6.07, 6.45) is 4.78. The van der Waals surface area contributed by atoms with Gasteiger partial charge in [-0.05, 0) is 44.7 Å². The van der Waals surface area contributed by atoms with Crippen molar-refractivity contribution in [3.8, 4) is 5.75 Å². The molecule has 0 radical (unpaired) electrons. The molecule has 2 unspecified atom stereocenters. The van der Waals surface area contributed by atoms with Crippen LogP contribution < -0.4 is 5.32 Å². The summed E-state index contributed by atoms with van der Waals surface area (Å²) < 4.78 is 5.77. The third kappa shape index (κ3) is 3.41. The molecule has 0 spiro atoms. The highest BCUT2D eigenvalue weighted by Crippen LogP contribution is 2.30. The van der Waals surface area contributed by atoms with E-state index in [0.29, 0.717) is 17.9 Å². The monoisotopic (exact) mass is 263 g/mol. The zero-order chi connectivity index (χ0) is 13.8. The second-order valence-corrected chi connectivity index (χ2v) is 5.55. The molecule has 3 heteroatoms. The number of phenolic OH excluding ortho intramolecular Hbond substituents is 1. The summed E-state index contributed by atoms with van der Waals surface area (Å²) in [4.78, 5) is 0. The molecular formula is C16H25NO2. The molecule has 1 heterocycles. The van der Waals surface area contributed by atoms with Gasteiger partial charge in [-0.2, -0.15) is 0 Å². The normalized spacial score (nSPS) is 23.3. The van der Waals surface area contributed by atoms with Crippen LogP contribution in [0.5, 0.6) is 5.75 Å². The van der Waals surface area contributed by atoms with E-state index in [1.807, 2.05) is 19.9 Å². The lowest BCUT2D eigenvalue weighted by Crippen LogP contribution is -2.34. The first kappa shape index (κ1) is 14.2. The highest BCUT2D eigenvalue weighted by Gasteiger charge is 2.22. The number of aryl methyl sites for hydroxylation is 1. The molecule has 1 aliphatic rings. The Balaban J connectivity index is 2.03. The van der Waals surface area contributed by atoms with Crippen molar-refractivity contribution in [2.75, 3.05) is 11.9 Å². The van der Waals surface area contributed by atoms with Crippen LogP contribution in [0.25, 0.3) is 0 Å². The van der Waals surface area contributed by atoms with Gasteiger partial charge in [0.25, 0.3) is 0 Å². The first-order valence-corrected chi connectivity index (χ1v) is 7.29. The number of hydrogen-bond acceptors (Lipinski definition) is 3. The number of anilines is 1. The minimum absolute atomic E-state index is 0.385. The summed E-state index contributed by atoms with van der Waals surface area (Å²) in [5, 5.41) is 13.6. The van der Waals surface area contributed by atoms with Crippen molar-refractivity contribution in [1.82, 2.24) is 0 Å². The molecule has 2 N–H and O–H groups in total. The first-order chi connectivity index (χ1) is 9.11. The lowest BCUT2D eigenvalue weighted by Gasteiger charge is -2.31. The number of aromatic hydroxyl groups is 1. The number of nitrogens with one attached hydrogen (secondary N) is 1. The highest BCUT2D eigenvalue weighted by atomic mass is 16.5. The second kappa shape index (κ2) is 6.29. The molecule has 19 heavy (non-hydrogen) atoms. The molecule has 1 saturated heterocycles. The Morgan fingerprint density at radius 3 is 2.89 bits per heavy atom. The van der Waals surface area contributed by atoms with Gasteiger partial charge in [-0.1, -0.05) is 19.4 Å². The molecule has 1 aliphatic heterocycles. The molecule has 0 saturated carbocycles. The van der Waals surface area contributed by atoms with E-state index in [1.165, 1.54) is 6.42 Å². The van der Waals surface area contributed by atoms with Crippen molar-refractivity contribution in [3.05, 3.63) is 23.3 Å². The maximum absolute atomic E-state index is 9.99. The van der Waals surface area contributed by atoms with Crippen molar-refractivity contribution in [1.29, 1.82) is 0 Å². The fourth-order valence-electron chi connectivity index (χ4n) is 2.75. The van der Waals surface area contributed by atoms with Crippen molar-refractivity contribution in [2.24, 2.45) is 0 Å². The number of ether oxygens (including phenoxy) is 1. The van der Waals surface area contributed by atoms with E-state index in [0.717, 1.165) is 42.7 Å². The standard InChI is InChI=1S/C16H25NO2/c1-4-5-14-10-13(8-9-19-14)17-15-7-6-11(2)16(18)12(15)3/h6-7,13-14,17-18H,4-5,8-10H2,1-3H3. The van der Waals surface area contributed by atoms with Crippen LogP contribution in [0.3, 0.4) is 0 Å². The summed E-state index contributed by atoms with van der Waals surface area (Å²) in [7, 11) is 0. The fourth-order valence-corrected chi connectivity index (χ4v) is 2.75. The molecule has 3 nitrogen and oxygen atoms in total. The molecule has 0 aromatic heterocycles. The van der Waals surface area contributed by atoms with E-state index < -0.39 is 0 Å². The van der Waals surface area contributed by atoms with Crippen LogP contribution in [0.1, 0.15) is 43.7 Å². The molecule has 2 atom stereocenters. The minimum Gasteiger partial charge on any atom is -0.507 e. The molecule has 106 valence electrons. The van der Waals surface area contributed by atoms with Gasteiger partial charge in [0, 0.05) is 23.9 Å². The SMILES string of the molecule is CCCC1CC(Nc2ccc(C)c(O)c2C)CCO1. The van der Waals surface area contributed by atoms with Crippen molar-refractivity contribution < 1.29 is 9.84 Å². The zero-order valence-corrected chi connectivity index (χ0v) is 12.2. The Labute approximate surface area is 116 Å². The Morgan fingerprint density at radius 1 is 1.37 bits per heavy atom. The van der Waals surface area contributed by atoms with Gasteiger partial charge in [-0.15, -0.1) is 0 Å². The predicted molar refractivity (Wildman–Crippen MR) is 78.9 cm³/mol. The molecule has 1 aromatic carbocycles. The predicted octanol–water partition coefficient (Wildman–Crippen LogP) is 3.77. The van der Waals surface area contributed by atoms with Gasteiger partial charge < -0.3 is 15.2 Å². The number of benzene rings is 1. The van der Waals surface area contributed by atoms with Gasteiger partial charge in [-0.25, -0.2) is 0 Å². The summed E-state index contributed by atoms with van der Waals surface area (Å²) in [5.74, 6) is 0.405. The molecular weight excluding hydrogens is 238 g/mol. The molecule has 0 aliphatic carbocycles. The zero-order valence-electron chi connectivity index (χ0n) is 12.2. The van der Waals surface area contributed by atoms with Crippen molar-refractivity contribution in [3.63, 3.8) is 0 Å². The van der Waals surface area contributed by atoms with Gasteiger partial charge in [0.05, 0.1) is 6.10 Å². The maximum atomic E-state index is 9.99. The Hall–Kier alpha value is -1.22. The van der Waals surface area contributed by atoms with E-state index in [1.54, 1.807) is 0 Å². The molecule has 0 amide bonds. The topological polar surface area (TPSA) is 41.5 Å². The van der Waals surface area contributed by atoms with Gasteiger partial charge in [0.1, 0.15) is 5.75 Å². The molecule has 1 aromatic rings. The van der Waals surface area contributed by atoms with E-state index in [9.17, 15) is 5.11 Å². The molecule has 0 bridgehead atoms. The molecule has 1 fully saturated rings. The van der Waals surface area contributed by atoms with Crippen LogP contribution in [-0.2, 0) is 4.74 Å². The average molecular weight is 263 g/mol. The third-order valence-corrected chi connectivity index (χ3v) is 3.97. The van der Waals surface area contributed by atoms with Crippen LogP contribution in [0.2, 0.25) is 0 Å². The fraction of sp³-hybridized carbons (Fsp3) is 0.625. The largest absolute Gasteiger partial charge is 0.507 e. The number of hydrogen-bond donors (Lipinski definition) is 2. The van der Waals surface area contributed by atoms with Gasteiger partial charge >= 0.3 is 0 Å². The quantitative estimate of drug-likeness (QED) is 0.869. The van der Waals surface area contributed by atoms with Crippen molar-refractivity contribution in [2.45, 2.75) is 58.6 Å². The van der Waals surface area contributed by atoms with Gasteiger partial charge in [-0.3, -0.25) is 0 Å². The van der Waals surface area contributed by atoms with Gasteiger partial charge in [0.15, 0.2) is 0 Å². The van der Waals surface area contributed by atoms with Crippen LogP contribution >= 0.6 is 0 Å².